The summed E-state index contributed by atoms with van der Waals surface area (Å²) >= 11 is 0. The second-order valence-corrected chi connectivity index (χ2v) is 6.11. The molecule has 28 heavy (non-hydrogen) atoms. The Morgan fingerprint density at radius 1 is 0.964 bits per heavy atom. The fraction of sp³-hybridized carbons (Fsp3) is 0.136. The Morgan fingerprint density at radius 3 is 2.54 bits per heavy atom. The van der Waals surface area contributed by atoms with Crippen LogP contribution in [0.3, 0.4) is 0 Å². The summed E-state index contributed by atoms with van der Waals surface area (Å²) in [5.74, 6) is 0.310. The number of anilines is 3. The second kappa shape index (κ2) is 8.81. The molecule has 0 aliphatic carbocycles. The summed E-state index contributed by atoms with van der Waals surface area (Å²) in [5, 5.41) is 6.02. The number of carbonyl (C=O) groups is 2. The Bertz CT molecular complexity index is 1000. The molecule has 6 heteroatoms. The lowest BCUT2D eigenvalue weighted by Crippen LogP contribution is -2.13. The van der Waals surface area contributed by atoms with Gasteiger partial charge in [0.2, 0.25) is 0 Å². The zero-order chi connectivity index (χ0) is 19.9. The van der Waals surface area contributed by atoms with Gasteiger partial charge in [-0.3, -0.25) is 14.6 Å². The average Bonchev–Trinajstić information content (AvgIpc) is 2.70. The van der Waals surface area contributed by atoms with Crippen LogP contribution in [0.1, 0.15) is 34.6 Å². The fourth-order valence-electron chi connectivity index (χ4n) is 2.66. The molecule has 0 bridgehead atoms. The van der Waals surface area contributed by atoms with Gasteiger partial charge in [-0.1, -0.05) is 24.3 Å². The number of carbonyl (C=O) groups excluding carboxylic acids is 2. The second-order valence-electron chi connectivity index (χ2n) is 6.11. The highest BCUT2D eigenvalue weighted by Crippen LogP contribution is 2.25. The maximum absolute atomic E-state index is 12.6. The van der Waals surface area contributed by atoms with E-state index in [1.165, 1.54) is 13.1 Å². The number of hydrogen-bond donors (Lipinski definition) is 2. The number of rotatable bonds is 7. The highest BCUT2D eigenvalue weighted by atomic mass is 16.5. The average molecular weight is 375 g/mol. The first-order valence-electron chi connectivity index (χ1n) is 8.93. The van der Waals surface area contributed by atoms with Crippen molar-refractivity contribution in [2.24, 2.45) is 0 Å². The van der Waals surface area contributed by atoms with Crippen molar-refractivity contribution in [1.29, 1.82) is 0 Å². The topological polar surface area (TPSA) is 80.3 Å². The molecule has 0 radical (unpaired) electrons. The molecule has 2 aromatic carbocycles. The Labute approximate surface area is 163 Å². The van der Waals surface area contributed by atoms with Crippen LogP contribution in [0.4, 0.5) is 17.1 Å². The molecule has 142 valence electrons. The van der Waals surface area contributed by atoms with Gasteiger partial charge in [0.25, 0.3) is 5.91 Å². The largest absolute Gasteiger partial charge is 0.492 e. The van der Waals surface area contributed by atoms with E-state index >= 15 is 0 Å². The number of pyridine rings is 1. The Morgan fingerprint density at radius 2 is 1.75 bits per heavy atom. The van der Waals surface area contributed by atoms with E-state index in [1.807, 2.05) is 25.1 Å². The highest BCUT2D eigenvalue weighted by Gasteiger charge is 2.11. The van der Waals surface area contributed by atoms with Crippen LogP contribution in [0.15, 0.2) is 67.0 Å². The number of Topliss-reactive ketones (excluding diaryl/α,β-unsaturated/α-hetero) is 1. The van der Waals surface area contributed by atoms with Gasteiger partial charge in [0, 0.05) is 17.4 Å². The number of amides is 1. The van der Waals surface area contributed by atoms with Crippen molar-refractivity contribution in [3.05, 3.63) is 78.1 Å². The number of ether oxygens (including phenoxy) is 1. The molecule has 3 aromatic rings. The van der Waals surface area contributed by atoms with Crippen molar-refractivity contribution in [2.45, 2.75) is 13.8 Å². The van der Waals surface area contributed by atoms with Crippen LogP contribution in [0.25, 0.3) is 0 Å². The van der Waals surface area contributed by atoms with Gasteiger partial charge in [-0.25, -0.2) is 0 Å². The summed E-state index contributed by atoms with van der Waals surface area (Å²) in [4.78, 5) is 28.3. The quantitative estimate of drug-likeness (QED) is 0.586. The minimum absolute atomic E-state index is 0.0112. The molecule has 6 nitrogen and oxygen atoms in total. The molecular formula is C22H21N3O3. The summed E-state index contributed by atoms with van der Waals surface area (Å²) in [6.07, 6.45) is 3.11. The van der Waals surface area contributed by atoms with E-state index in [0.29, 0.717) is 34.9 Å². The highest BCUT2D eigenvalue weighted by molar-refractivity contribution is 6.05. The third kappa shape index (κ3) is 4.73. The molecular weight excluding hydrogens is 354 g/mol. The summed E-state index contributed by atoms with van der Waals surface area (Å²) in [6, 6.07) is 16.1. The normalized spacial score (nSPS) is 10.2. The molecule has 0 unspecified atom stereocenters. The standard InChI is InChI=1S/C22H21N3O3/c1-3-28-21-10-5-4-9-20(21)25-22(27)17-12-19(14-23-13-17)24-18-8-6-7-16(11-18)15(2)26/h4-14,24H,3H2,1-2H3,(H,25,27). The van der Waals surface area contributed by atoms with Crippen LogP contribution in [-0.4, -0.2) is 23.3 Å². The van der Waals surface area contributed by atoms with Crippen molar-refractivity contribution in [1.82, 2.24) is 4.98 Å². The minimum Gasteiger partial charge on any atom is -0.492 e. The van der Waals surface area contributed by atoms with E-state index < -0.39 is 0 Å². The van der Waals surface area contributed by atoms with Crippen molar-refractivity contribution < 1.29 is 14.3 Å². The number of para-hydroxylation sites is 2. The van der Waals surface area contributed by atoms with Gasteiger partial charge in [-0.2, -0.15) is 0 Å². The van der Waals surface area contributed by atoms with E-state index in [1.54, 1.807) is 42.6 Å². The van der Waals surface area contributed by atoms with Crippen molar-refractivity contribution in [2.75, 3.05) is 17.2 Å². The number of ketones is 1. The zero-order valence-corrected chi connectivity index (χ0v) is 15.7. The van der Waals surface area contributed by atoms with E-state index in [0.717, 1.165) is 5.69 Å². The van der Waals surface area contributed by atoms with Crippen LogP contribution in [0.2, 0.25) is 0 Å². The Balaban J connectivity index is 1.77. The molecule has 0 aliphatic rings. The van der Waals surface area contributed by atoms with Gasteiger partial charge in [0.1, 0.15) is 5.75 Å². The van der Waals surface area contributed by atoms with Crippen molar-refractivity contribution in [3.63, 3.8) is 0 Å². The third-order valence-corrected chi connectivity index (χ3v) is 3.99. The molecule has 0 fully saturated rings. The Hall–Kier alpha value is -3.67. The monoisotopic (exact) mass is 375 g/mol. The zero-order valence-electron chi connectivity index (χ0n) is 15.7. The van der Waals surface area contributed by atoms with Gasteiger partial charge >= 0.3 is 0 Å². The molecule has 3 rings (SSSR count). The van der Waals surface area contributed by atoms with Gasteiger partial charge in [0.15, 0.2) is 5.78 Å². The molecule has 1 amide bonds. The lowest BCUT2D eigenvalue weighted by Gasteiger charge is -2.12. The van der Waals surface area contributed by atoms with Gasteiger partial charge in [0.05, 0.1) is 29.7 Å². The summed E-state index contributed by atoms with van der Waals surface area (Å²) < 4.78 is 5.54. The van der Waals surface area contributed by atoms with Gasteiger partial charge in [-0.05, 0) is 44.2 Å². The third-order valence-electron chi connectivity index (χ3n) is 3.99. The first kappa shape index (κ1) is 19.1. The van der Waals surface area contributed by atoms with Crippen LogP contribution < -0.4 is 15.4 Å². The molecule has 1 heterocycles. The maximum Gasteiger partial charge on any atom is 0.257 e. The molecule has 0 aliphatic heterocycles. The molecule has 2 N–H and O–H groups in total. The molecule has 0 atom stereocenters. The molecule has 0 saturated carbocycles. The lowest BCUT2D eigenvalue weighted by molar-refractivity contribution is 0.101. The van der Waals surface area contributed by atoms with Crippen LogP contribution in [0.5, 0.6) is 5.75 Å². The number of hydrogen-bond acceptors (Lipinski definition) is 5. The Kier molecular flexibility index (Phi) is 6.01. The molecule has 0 saturated heterocycles. The van der Waals surface area contributed by atoms with Crippen LogP contribution in [-0.2, 0) is 0 Å². The van der Waals surface area contributed by atoms with Gasteiger partial charge in [-0.15, -0.1) is 0 Å². The van der Waals surface area contributed by atoms with E-state index in [4.69, 9.17) is 4.74 Å². The summed E-state index contributed by atoms with van der Waals surface area (Å²) in [5.41, 5.74) is 3.00. The number of benzene rings is 2. The number of nitrogens with zero attached hydrogens (tertiary/aromatic N) is 1. The summed E-state index contributed by atoms with van der Waals surface area (Å²) in [7, 11) is 0. The molecule has 0 spiro atoms. The minimum atomic E-state index is -0.291. The van der Waals surface area contributed by atoms with E-state index in [-0.39, 0.29) is 11.7 Å². The van der Waals surface area contributed by atoms with Gasteiger partial charge < -0.3 is 15.4 Å². The van der Waals surface area contributed by atoms with Crippen LogP contribution >= 0.6 is 0 Å². The maximum atomic E-state index is 12.6. The lowest BCUT2D eigenvalue weighted by atomic mass is 10.1. The van der Waals surface area contributed by atoms with E-state index in [9.17, 15) is 9.59 Å². The predicted octanol–water partition coefficient (Wildman–Crippen LogP) is 4.68. The fourth-order valence-corrected chi connectivity index (χ4v) is 2.66. The van der Waals surface area contributed by atoms with E-state index in [2.05, 4.69) is 15.6 Å². The van der Waals surface area contributed by atoms with Crippen molar-refractivity contribution >= 4 is 28.8 Å². The summed E-state index contributed by atoms with van der Waals surface area (Å²) in [6.45, 7) is 3.91. The SMILES string of the molecule is CCOc1ccccc1NC(=O)c1cncc(Nc2cccc(C(C)=O)c2)c1. The number of aromatic nitrogens is 1. The predicted molar refractivity (Wildman–Crippen MR) is 110 cm³/mol. The number of nitrogens with one attached hydrogen (secondary N) is 2. The first-order chi connectivity index (χ1) is 13.6. The smallest absolute Gasteiger partial charge is 0.257 e. The van der Waals surface area contributed by atoms with Crippen molar-refractivity contribution in [3.8, 4) is 5.75 Å². The molecule has 1 aromatic heterocycles. The first-order valence-corrected chi connectivity index (χ1v) is 8.93. The van der Waals surface area contributed by atoms with Crippen LogP contribution in [0, 0.1) is 0 Å².